The third kappa shape index (κ3) is 1.86. The lowest BCUT2D eigenvalue weighted by atomic mass is 10.1. The van der Waals surface area contributed by atoms with E-state index in [0.29, 0.717) is 10.9 Å². The van der Waals surface area contributed by atoms with Gasteiger partial charge in [-0.2, -0.15) is 0 Å². The topological polar surface area (TPSA) is 35.0 Å². The normalized spacial score (nSPS) is 10.2. The summed E-state index contributed by atoms with van der Waals surface area (Å²) in [5.74, 6) is 0.512. The summed E-state index contributed by atoms with van der Waals surface area (Å²) in [6, 6.07) is 7.94. The van der Waals surface area contributed by atoms with E-state index in [1.165, 1.54) is 6.33 Å². The zero-order valence-electron chi connectivity index (χ0n) is 9.07. The maximum Gasteiger partial charge on any atom is 0.182 e. The average molecular weight is 235 g/mol. The lowest BCUT2D eigenvalue weighted by Gasteiger charge is -2.10. The van der Waals surface area contributed by atoms with E-state index in [0.717, 1.165) is 16.8 Å². The molecule has 2 rings (SSSR count). The fraction of sp³-hybridized carbons (Fsp3) is 0.167. The number of benzene rings is 1. The van der Waals surface area contributed by atoms with E-state index in [1.807, 2.05) is 31.2 Å². The molecule has 1 heterocycles. The Morgan fingerprint density at radius 3 is 2.62 bits per heavy atom. The summed E-state index contributed by atoms with van der Waals surface area (Å²) >= 11 is 5.96. The van der Waals surface area contributed by atoms with Crippen molar-refractivity contribution in [2.45, 2.75) is 6.92 Å². The van der Waals surface area contributed by atoms with Crippen molar-refractivity contribution in [3.05, 3.63) is 41.3 Å². The van der Waals surface area contributed by atoms with Crippen molar-refractivity contribution >= 4 is 11.6 Å². The van der Waals surface area contributed by atoms with E-state index in [-0.39, 0.29) is 0 Å². The van der Waals surface area contributed by atoms with Crippen molar-refractivity contribution in [2.75, 3.05) is 7.11 Å². The Morgan fingerprint density at radius 1 is 1.19 bits per heavy atom. The summed E-state index contributed by atoms with van der Waals surface area (Å²) in [6.45, 7) is 2.02. The SMILES string of the molecule is COc1c(Cl)ncnc1-c1ccccc1C. The number of aromatic nitrogens is 2. The van der Waals surface area contributed by atoms with Crippen molar-refractivity contribution in [1.29, 1.82) is 0 Å². The first kappa shape index (κ1) is 10.9. The molecule has 0 radical (unpaired) electrons. The molecule has 82 valence electrons. The fourth-order valence-corrected chi connectivity index (χ4v) is 1.77. The predicted molar refractivity (Wildman–Crippen MR) is 63.8 cm³/mol. The van der Waals surface area contributed by atoms with Gasteiger partial charge in [-0.05, 0) is 12.5 Å². The molecule has 0 fully saturated rings. The average Bonchev–Trinajstić information content (AvgIpc) is 2.29. The van der Waals surface area contributed by atoms with Crippen LogP contribution in [0.3, 0.4) is 0 Å². The molecular weight excluding hydrogens is 224 g/mol. The number of rotatable bonds is 2. The van der Waals surface area contributed by atoms with E-state index in [2.05, 4.69) is 9.97 Å². The van der Waals surface area contributed by atoms with Gasteiger partial charge in [0.1, 0.15) is 12.0 Å². The Kier molecular flexibility index (Phi) is 3.06. The molecule has 0 saturated carbocycles. The van der Waals surface area contributed by atoms with Crippen LogP contribution >= 0.6 is 11.6 Å². The standard InChI is InChI=1S/C12H11ClN2O/c1-8-5-3-4-6-9(8)10-11(16-2)12(13)15-7-14-10/h3-7H,1-2H3. The van der Waals surface area contributed by atoms with Crippen LogP contribution in [0, 0.1) is 6.92 Å². The summed E-state index contributed by atoms with van der Waals surface area (Å²) in [5.41, 5.74) is 2.85. The molecular formula is C12H11ClN2O. The first-order chi connectivity index (χ1) is 7.74. The van der Waals surface area contributed by atoms with E-state index in [9.17, 15) is 0 Å². The van der Waals surface area contributed by atoms with Crippen LogP contribution < -0.4 is 4.74 Å². The van der Waals surface area contributed by atoms with Crippen LogP contribution in [0.1, 0.15) is 5.56 Å². The Balaban J connectivity index is 2.65. The van der Waals surface area contributed by atoms with Crippen LogP contribution in [-0.4, -0.2) is 17.1 Å². The van der Waals surface area contributed by atoms with Crippen LogP contribution in [0.25, 0.3) is 11.3 Å². The van der Waals surface area contributed by atoms with Gasteiger partial charge in [-0.1, -0.05) is 35.9 Å². The third-order valence-electron chi connectivity index (χ3n) is 2.36. The summed E-state index contributed by atoms with van der Waals surface area (Å²) in [6.07, 6.45) is 1.44. The fourth-order valence-electron chi connectivity index (χ4n) is 1.56. The van der Waals surface area contributed by atoms with Crippen LogP contribution in [0.15, 0.2) is 30.6 Å². The highest BCUT2D eigenvalue weighted by molar-refractivity contribution is 6.31. The molecule has 4 heteroatoms. The van der Waals surface area contributed by atoms with Crippen LogP contribution in [0.5, 0.6) is 5.75 Å². The molecule has 0 unspecified atom stereocenters. The molecule has 0 aliphatic carbocycles. The second-order valence-corrected chi connectivity index (χ2v) is 3.72. The van der Waals surface area contributed by atoms with E-state index in [4.69, 9.17) is 16.3 Å². The van der Waals surface area contributed by atoms with Gasteiger partial charge in [0.05, 0.1) is 7.11 Å². The molecule has 0 N–H and O–H groups in total. The largest absolute Gasteiger partial charge is 0.491 e. The number of aryl methyl sites for hydroxylation is 1. The van der Waals surface area contributed by atoms with Gasteiger partial charge < -0.3 is 4.74 Å². The minimum absolute atomic E-state index is 0.329. The molecule has 3 nitrogen and oxygen atoms in total. The molecule has 1 aromatic heterocycles. The quantitative estimate of drug-likeness (QED) is 0.749. The lowest BCUT2D eigenvalue weighted by Crippen LogP contribution is -1.95. The Hall–Kier alpha value is -1.61. The van der Waals surface area contributed by atoms with Crippen LogP contribution in [0.2, 0.25) is 5.15 Å². The molecule has 0 saturated heterocycles. The third-order valence-corrected chi connectivity index (χ3v) is 2.63. The van der Waals surface area contributed by atoms with Gasteiger partial charge in [-0.15, -0.1) is 0 Å². The Labute approximate surface area is 99.1 Å². The minimum atomic E-state index is 0.329. The molecule has 0 spiro atoms. The monoisotopic (exact) mass is 234 g/mol. The highest BCUT2D eigenvalue weighted by Gasteiger charge is 2.13. The summed E-state index contributed by atoms with van der Waals surface area (Å²) in [4.78, 5) is 8.12. The summed E-state index contributed by atoms with van der Waals surface area (Å²) in [7, 11) is 1.56. The van der Waals surface area contributed by atoms with Crippen LogP contribution in [0.4, 0.5) is 0 Å². The minimum Gasteiger partial charge on any atom is -0.491 e. The smallest absolute Gasteiger partial charge is 0.182 e. The summed E-state index contributed by atoms with van der Waals surface area (Å²) in [5, 5.41) is 0.329. The van der Waals surface area contributed by atoms with Gasteiger partial charge in [0, 0.05) is 5.56 Å². The maximum absolute atomic E-state index is 5.96. The zero-order chi connectivity index (χ0) is 11.5. The van der Waals surface area contributed by atoms with Crippen molar-refractivity contribution < 1.29 is 4.74 Å². The maximum atomic E-state index is 5.96. The second-order valence-electron chi connectivity index (χ2n) is 3.36. The van der Waals surface area contributed by atoms with Crippen molar-refractivity contribution in [1.82, 2.24) is 9.97 Å². The van der Waals surface area contributed by atoms with Crippen molar-refractivity contribution in [3.63, 3.8) is 0 Å². The zero-order valence-corrected chi connectivity index (χ0v) is 9.82. The number of halogens is 1. The molecule has 2 aromatic rings. The Morgan fingerprint density at radius 2 is 1.94 bits per heavy atom. The highest BCUT2D eigenvalue weighted by atomic mass is 35.5. The lowest BCUT2D eigenvalue weighted by molar-refractivity contribution is 0.413. The Bertz CT molecular complexity index is 514. The van der Waals surface area contributed by atoms with Crippen molar-refractivity contribution in [3.8, 4) is 17.0 Å². The first-order valence-corrected chi connectivity index (χ1v) is 5.22. The molecule has 0 aliphatic rings. The van der Waals surface area contributed by atoms with Crippen LogP contribution in [-0.2, 0) is 0 Å². The predicted octanol–water partition coefficient (Wildman–Crippen LogP) is 3.11. The number of methoxy groups -OCH3 is 1. The first-order valence-electron chi connectivity index (χ1n) is 4.84. The number of hydrogen-bond acceptors (Lipinski definition) is 3. The van der Waals surface area contributed by atoms with Gasteiger partial charge in [0.25, 0.3) is 0 Å². The molecule has 1 aromatic carbocycles. The van der Waals surface area contributed by atoms with Crippen molar-refractivity contribution in [2.24, 2.45) is 0 Å². The van der Waals surface area contributed by atoms with Gasteiger partial charge >= 0.3 is 0 Å². The van der Waals surface area contributed by atoms with Gasteiger partial charge in [0.2, 0.25) is 0 Å². The van der Waals surface area contributed by atoms with Gasteiger partial charge in [-0.25, -0.2) is 9.97 Å². The molecule has 0 bridgehead atoms. The number of ether oxygens (including phenoxy) is 1. The second kappa shape index (κ2) is 4.49. The number of hydrogen-bond donors (Lipinski definition) is 0. The van der Waals surface area contributed by atoms with E-state index in [1.54, 1.807) is 7.11 Å². The van der Waals surface area contributed by atoms with E-state index < -0.39 is 0 Å². The van der Waals surface area contributed by atoms with Gasteiger partial charge in [-0.3, -0.25) is 0 Å². The van der Waals surface area contributed by atoms with Gasteiger partial charge in [0.15, 0.2) is 10.9 Å². The molecule has 16 heavy (non-hydrogen) atoms. The summed E-state index contributed by atoms with van der Waals surface area (Å²) < 4.78 is 5.23. The molecule has 0 atom stereocenters. The molecule has 0 amide bonds. The highest BCUT2D eigenvalue weighted by Crippen LogP contribution is 2.33. The molecule has 0 aliphatic heterocycles. The number of nitrogens with zero attached hydrogens (tertiary/aromatic N) is 2. The van der Waals surface area contributed by atoms with E-state index >= 15 is 0 Å².